The predicted octanol–water partition coefficient (Wildman–Crippen LogP) is 2.06. The molecular weight excluding hydrogens is 192 g/mol. The Hall–Kier alpha value is -1.45. The summed E-state index contributed by atoms with van der Waals surface area (Å²) in [5.41, 5.74) is 0. The van der Waals surface area contributed by atoms with Crippen LogP contribution in [-0.2, 0) is 0 Å². The van der Waals surface area contributed by atoms with Crippen molar-refractivity contribution in [3.05, 3.63) is 23.7 Å². The van der Waals surface area contributed by atoms with Gasteiger partial charge < -0.3 is 14.6 Å². The van der Waals surface area contributed by atoms with Gasteiger partial charge in [-0.15, -0.1) is 0 Å². The molecule has 1 atom stereocenters. The summed E-state index contributed by atoms with van der Waals surface area (Å²) in [6.07, 6.45) is 0. The van der Waals surface area contributed by atoms with Crippen LogP contribution < -0.4 is 5.32 Å². The normalized spacial score (nSPS) is 21.2. The van der Waals surface area contributed by atoms with E-state index in [1.54, 1.807) is 0 Å². The third kappa shape index (κ3) is 1.84. The summed E-state index contributed by atoms with van der Waals surface area (Å²) in [5.74, 6) is 1.71. The molecule has 0 spiro atoms. The van der Waals surface area contributed by atoms with Crippen LogP contribution in [0.4, 0.5) is 4.79 Å². The topological polar surface area (TPSA) is 45.5 Å². The summed E-state index contributed by atoms with van der Waals surface area (Å²) in [6.45, 7) is 6.61. The maximum Gasteiger partial charge on any atom is 0.318 e. The number of rotatable bonds is 2. The quantitative estimate of drug-likeness (QED) is 0.808. The summed E-state index contributed by atoms with van der Waals surface area (Å²) in [5, 5.41) is 2.91. The Morgan fingerprint density at radius 3 is 2.73 bits per heavy atom. The van der Waals surface area contributed by atoms with Crippen LogP contribution in [0.1, 0.15) is 31.4 Å². The Bertz CT molecular complexity index is 370. The van der Waals surface area contributed by atoms with Crippen molar-refractivity contribution < 1.29 is 9.21 Å². The summed E-state index contributed by atoms with van der Waals surface area (Å²) >= 11 is 0. The first-order valence-electron chi connectivity index (χ1n) is 5.21. The van der Waals surface area contributed by atoms with Gasteiger partial charge in [-0.1, -0.05) is 0 Å². The van der Waals surface area contributed by atoms with E-state index in [9.17, 15) is 4.79 Å². The molecule has 1 aliphatic heterocycles. The van der Waals surface area contributed by atoms with E-state index in [1.165, 1.54) is 0 Å². The van der Waals surface area contributed by atoms with Crippen molar-refractivity contribution in [3.8, 4) is 0 Å². The highest BCUT2D eigenvalue weighted by atomic mass is 16.3. The highest BCUT2D eigenvalue weighted by molar-refractivity contribution is 5.77. The molecule has 1 fully saturated rings. The summed E-state index contributed by atoms with van der Waals surface area (Å²) < 4.78 is 5.50. The predicted molar refractivity (Wildman–Crippen MR) is 56.6 cm³/mol. The summed E-state index contributed by atoms with van der Waals surface area (Å²) in [7, 11) is 0. The molecule has 1 aromatic rings. The first-order valence-corrected chi connectivity index (χ1v) is 5.21. The number of furan rings is 1. The van der Waals surface area contributed by atoms with Crippen LogP contribution in [0.3, 0.4) is 0 Å². The lowest BCUT2D eigenvalue weighted by Gasteiger charge is -2.18. The Labute approximate surface area is 89.2 Å². The Balaban J connectivity index is 2.12. The first kappa shape index (κ1) is 10.1. The van der Waals surface area contributed by atoms with Crippen LogP contribution in [0.15, 0.2) is 16.5 Å². The van der Waals surface area contributed by atoms with Crippen molar-refractivity contribution in [3.63, 3.8) is 0 Å². The van der Waals surface area contributed by atoms with Gasteiger partial charge in [0.1, 0.15) is 17.6 Å². The molecule has 1 saturated heterocycles. The smallest absolute Gasteiger partial charge is 0.318 e. The molecule has 1 aromatic heterocycles. The second-order valence-electron chi connectivity index (χ2n) is 4.20. The van der Waals surface area contributed by atoms with Gasteiger partial charge in [-0.2, -0.15) is 0 Å². The minimum Gasteiger partial charge on any atom is -0.464 e. The molecule has 1 aliphatic rings. The lowest BCUT2D eigenvalue weighted by molar-refractivity contribution is 0.205. The number of nitrogens with one attached hydrogen (secondary N) is 1. The van der Waals surface area contributed by atoms with Crippen LogP contribution in [0.5, 0.6) is 0 Å². The van der Waals surface area contributed by atoms with Crippen LogP contribution in [0, 0.1) is 6.92 Å². The lowest BCUT2D eigenvalue weighted by Crippen LogP contribution is -2.33. The number of nitrogens with zero attached hydrogens (tertiary/aromatic N) is 1. The molecule has 4 heteroatoms. The van der Waals surface area contributed by atoms with E-state index in [2.05, 4.69) is 5.32 Å². The number of carbonyl (C=O) groups excluding carboxylic acids is 1. The minimum absolute atomic E-state index is 0.00593. The number of urea groups is 1. The van der Waals surface area contributed by atoms with Crippen molar-refractivity contribution in [1.82, 2.24) is 10.2 Å². The van der Waals surface area contributed by atoms with E-state index in [0.29, 0.717) is 6.54 Å². The monoisotopic (exact) mass is 208 g/mol. The Kier molecular flexibility index (Phi) is 2.42. The fourth-order valence-electron chi connectivity index (χ4n) is 1.80. The van der Waals surface area contributed by atoms with E-state index in [0.717, 1.165) is 11.5 Å². The first-order chi connectivity index (χ1) is 7.08. The van der Waals surface area contributed by atoms with Gasteiger partial charge in [0.15, 0.2) is 0 Å². The van der Waals surface area contributed by atoms with Crippen molar-refractivity contribution >= 4 is 6.03 Å². The van der Waals surface area contributed by atoms with Gasteiger partial charge in [0.25, 0.3) is 0 Å². The van der Waals surface area contributed by atoms with Crippen molar-refractivity contribution in [2.75, 3.05) is 6.54 Å². The number of hydrogen-bond acceptors (Lipinski definition) is 2. The largest absolute Gasteiger partial charge is 0.464 e. The minimum atomic E-state index is -0.0101. The maximum absolute atomic E-state index is 11.6. The number of carbonyl (C=O) groups is 1. The Morgan fingerprint density at radius 2 is 2.27 bits per heavy atom. The SMILES string of the molecule is Cc1ccc(C2CN(C(C)C)C(=O)N2)o1. The molecule has 0 radical (unpaired) electrons. The van der Waals surface area contributed by atoms with E-state index < -0.39 is 0 Å². The van der Waals surface area contributed by atoms with Crippen molar-refractivity contribution in [2.24, 2.45) is 0 Å². The van der Waals surface area contributed by atoms with Gasteiger partial charge in [0.05, 0.1) is 6.54 Å². The number of hydrogen-bond donors (Lipinski definition) is 1. The molecule has 4 nitrogen and oxygen atoms in total. The maximum atomic E-state index is 11.6. The van der Waals surface area contributed by atoms with E-state index in [-0.39, 0.29) is 18.1 Å². The van der Waals surface area contributed by atoms with Crippen molar-refractivity contribution in [1.29, 1.82) is 0 Å². The standard InChI is InChI=1S/C11H16N2O2/c1-7(2)13-6-9(12-11(13)14)10-5-4-8(3)15-10/h4-5,7,9H,6H2,1-3H3,(H,12,14). The average molecular weight is 208 g/mol. The van der Waals surface area contributed by atoms with E-state index in [4.69, 9.17) is 4.42 Å². The molecule has 1 unspecified atom stereocenters. The fraction of sp³-hybridized carbons (Fsp3) is 0.545. The highest BCUT2D eigenvalue weighted by Gasteiger charge is 2.32. The molecule has 0 aromatic carbocycles. The molecule has 1 N–H and O–H groups in total. The molecule has 2 amide bonds. The zero-order valence-electron chi connectivity index (χ0n) is 9.28. The van der Waals surface area contributed by atoms with E-state index >= 15 is 0 Å². The third-order valence-corrected chi connectivity index (χ3v) is 2.67. The average Bonchev–Trinajstić information content (AvgIpc) is 2.71. The van der Waals surface area contributed by atoms with Crippen LogP contribution in [0.25, 0.3) is 0 Å². The third-order valence-electron chi connectivity index (χ3n) is 2.67. The van der Waals surface area contributed by atoms with Gasteiger partial charge in [0, 0.05) is 6.04 Å². The van der Waals surface area contributed by atoms with Crippen LogP contribution >= 0.6 is 0 Å². The molecule has 0 saturated carbocycles. The second-order valence-corrected chi connectivity index (χ2v) is 4.20. The fourth-order valence-corrected chi connectivity index (χ4v) is 1.80. The van der Waals surface area contributed by atoms with Crippen LogP contribution in [-0.4, -0.2) is 23.5 Å². The van der Waals surface area contributed by atoms with E-state index in [1.807, 2.05) is 37.8 Å². The highest BCUT2D eigenvalue weighted by Crippen LogP contribution is 2.23. The second kappa shape index (κ2) is 3.61. The van der Waals surface area contributed by atoms with Gasteiger partial charge >= 0.3 is 6.03 Å². The van der Waals surface area contributed by atoms with Gasteiger partial charge in [-0.3, -0.25) is 0 Å². The molecular formula is C11H16N2O2. The van der Waals surface area contributed by atoms with Crippen molar-refractivity contribution in [2.45, 2.75) is 32.9 Å². The molecule has 2 rings (SSSR count). The molecule has 2 heterocycles. The lowest BCUT2D eigenvalue weighted by atomic mass is 10.2. The zero-order valence-corrected chi connectivity index (χ0v) is 9.28. The van der Waals surface area contributed by atoms with Gasteiger partial charge in [-0.05, 0) is 32.9 Å². The molecule has 15 heavy (non-hydrogen) atoms. The number of amides is 2. The van der Waals surface area contributed by atoms with Crippen LogP contribution in [0.2, 0.25) is 0 Å². The number of aryl methyl sites for hydroxylation is 1. The molecule has 0 bridgehead atoms. The summed E-state index contributed by atoms with van der Waals surface area (Å²) in [6, 6.07) is 4.05. The zero-order chi connectivity index (χ0) is 11.0. The Morgan fingerprint density at radius 1 is 1.53 bits per heavy atom. The van der Waals surface area contributed by atoms with Gasteiger partial charge in [0.2, 0.25) is 0 Å². The summed E-state index contributed by atoms with van der Waals surface area (Å²) in [4.78, 5) is 13.4. The molecule has 82 valence electrons. The van der Waals surface area contributed by atoms with Gasteiger partial charge in [-0.25, -0.2) is 4.79 Å². The molecule has 0 aliphatic carbocycles.